The first kappa shape index (κ1) is 18.6. The molecule has 10 heteroatoms. The molecule has 0 saturated carbocycles. The van der Waals surface area contributed by atoms with Crippen LogP contribution in [0.5, 0.6) is 11.5 Å². The molecule has 3 rings (SSSR count). The van der Waals surface area contributed by atoms with Crippen molar-refractivity contribution in [2.75, 3.05) is 6.01 Å². The normalized spacial score (nSPS) is 18.6. The first-order valence-electron chi connectivity index (χ1n) is 7.19. The molecule has 26 heavy (non-hydrogen) atoms. The molecular weight excluding hydrogens is 383 g/mol. The third kappa shape index (κ3) is 3.14. The highest BCUT2D eigenvalue weighted by Crippen LogP contribution is 2.49. The van der Waals surface area contributed by atoms with E-state index in [1.165, 1.54) is 0 Å². The summed E-state index contributed by atoms with van der Waals surface area (Å²) in [7, 11) is -4.55. The van der Waals surface area contributed by atoms with Crippen LogP contribution in [0.2, 0.25) is 0 Å². The Morgan fingerprint density at radius 2 is 1.77 bits per heavy atom. The maximum absolute atomic E-state index is 13.9. The molecule has 0 aliphatic heterocycles. The molecule has 140 valence electrons. The lowest BCUT2D eigenvalue weighted by Crippen LogP contribution is -2.22. The van der Waals surface area contributed by atoms with Crippen molar-refractivity contribution in [3.8, 4) is 11.5 Å². The van der Waals surface area contributed by atoms with E-state index >= 15 is 0 Å². The molecular formula is C16H11F5O4S. The summed E-state index contributed by atoms with van der Waals surface area (Å²) in [4.78, 5) is -0.780. The minimum atomic E-state index is -4.55. The Labute approximate surface area is 144 Å². The molecule has 2 aromatic rings. The van der Waals surface area contributed by atoms with Crippen LogP contribution in [0.15, 0.2) is 35.2 Å². The zero-order valence-corrected chi connectivity index (χ0v) is 13.7. The predicted molar refractivity (Wildman–Crippen MR) is 79.6 cm³/mol. The van der Waals surface area contributed by atoms with Crippen LogP contribution in [0.3, 0.4) is 0 Å². The molecule has 0 amide bonds. The van der Waals surface area contributed by atoms with Crippen molar-refractivity contribution in [2.45, 2.75) is 23.3 Å². The minimum Gasteiger partial charge on any atom is -0.457 e. The number of halogens is 5. The molecule has 0 aromatic heterocycles. The lowest BCUT2D eigenvalue weighted by atomic mass is 10.1. The van der Waals surface area contributed by atoms with E-state index in [1.54, 1.807) is 0 Å². The van der Waals surface area contributed by atoms with Crippen LogP contribution in [-0.4, -0.2) is 25.5 Å². The van der Waals surface area contributed by atoms with Gasteiger partial charge in [-0.15, -0.1) is 0 Å². The highest BCUT2D eigenvalue weighted by molar-refractivity contribution is 7.91. The van der Waals surface area contributed by atoms with Crippen molar-refractivity contribution in [2.24, 2.45) is 0 Å². The fourth-order valence-electron chi connectivity index (χ4n) is 2.79. The number of aliphatic hydroxyl groups excluding tert-OH is 1. The largest absolute Gasteiger partial charge is 0.457 e. The van der Waals surface area contributed by atoms with Gasteiger partial charge in [0.1, 0.15) is 29.2 Å². The van der Waals surface area contributed by atoms with Gasteiger partial charge < -0.3 is 9.84 Å². The van der Waals surface area contributed by atoms with Crippen LogP contribution >= 0.6 is 0 Å². The molecule has 0 saturated heterocycles. The summed E-state index contributed by atoms with van der Waals surface area (Å²) in [5.74, 6) is -6.33. The predicted octanol–water partition coefficient (Wildman–Crippen LogP) is 3.68. The fraction of sp³-hybridized carbons (Fsp3) is 0.250. The van der Waals surface area contributed by atoms with Gasteiger partial charge in [-0.3, -0.25) is 0 Å². The van der Waals surface area contributed by atoms with Gasteiger partial charge in [0.2, 0.25) is 9.84 Å². The van der Waals surface area contributed by atoms with Gasteiger partial charge in [0, 0.05) is 35.7 Å². The van der Waals surface area contributed by atoms with E-state index in [0.717, 1.165) is 24.3 Å². The lowest BCUT2D eigenvalue weighted by Gasteiger charge is -2.16. The number of rotatable bonds is 4. The standard InChI is InChI=1S/C16H11F5O4S/c17-7-26(23,24)13-2-1-12(11-6-16(20,21)15(22)14(11)13)25-10-4-8(18)3-9(19)5-10/h1-5,15,22H,6-7H2/t15-/m0/s1. The van der Waals surface area contributed by atoms with Gasteiger partial charge in [0.25, 0.3) is 5.92 Å². The van der Waals surface area contributed by atoms with Crippen molar-refractivity contribution >= 4 is 9.84 Å². The van der Waals surface area contributed by atoms with E-state index in [-0.39, 0.29) is 17.1 Å². The third-order valence-corrected chi connectivity index (χ3v) is 5.22. The number of sulfone groups is 1. The van der Waals surface area contributed by atoms with Crippen molar-refractivity contribution in [1.82, 2.24) is 0 Å². The molecule has 1 aliphatic rings. The number of hydrogen-bond acceptors (Lipinski definition) is 4. The number of ether oxygens (including phenoxy) is 1. The van der Waals surface area contributed by atoms with Crippen LogP contribution in [0.25, 0.3) is 0 Å². The summed E-state index contributed by atoms with van der Waals surface area (Å²) in [6.45, 7) is 0. The van der Waals surface area contributed by atoms with Crippen molar-refractivity contribution in [3.05, 3.63) is 53.1 Å². The Kier molecular flexibility index (Phi) is 4.43. The Hall–Kier alpha value is -2.20. The van der Waals surface area contributed by atoms with Crippen LogP contribution < -0.4 is 4.74 Å². The zero-order chi connectivity index (χ0) is 19.3. The molecule has 0 spiro atoms. The summed E-state index contributed by atoms with van der Waals surface area (Å²) in [6, 6.07) is 2.11. The van der Waals surface area contributed by atoms with Crippen LogP contribution in [0.1, 0.15) is 17.2 Å². The fourth-order valence-corrected chi connectivity index (χ4v) is 3.75. The first-order chi connectivity index (χ1) is 12.0. The lowest BCUT2D eigenvalue weighted by molar-refractivity contribution is -0.0976. The molecule has 2 aromatic carbocycles. The van der Waals surface area contributed by atoms with Crippen LogP contribution in [-0.2, 0) is 16.3 Å². The first-order valence-corrected chi connectivity index (χ1v) is 8.85. The summed E-state index contributed by atoms with van der Waals surface area (Å²) >= 11 is 0. The third-order valence-electron chi connectivity index (χ3n) is 3.90. The molecule has 4 nitrogen and oxygen atoms in total. The monoisotopic (exact) mass is 394 g/mol. The minimum absolute atomic E-state index is 0.320. The van der Waals surface area contributed by atoms with Gasteiger partial charge in [0.05, 0.1) is 4.90 Å². The quantitative estimate of drug-likeness (QED) is 0.804. The second-order valence-corrected chi connectivity index (χ2v) is 7.61. The second-order valence-electron chi connectivity index (χ2n) is 5.73. The molecule has 0 radical (unpaired) electrons. The topological polar surface area (TPSA) is 63.6 Å². The average Bonchev–Trinajstić information content (AvgIpc) is 2.77. The SMILES string of the molecule is O=S(=O)(CF)c1ccc(Oc2cc(F)cc(F)c2)c2c1[C@H](O)C(F)(F)C2. The van der Waals surface area contributed by atoms with Crippen molar-refractivity contribution < 1.29 is 40.2 Å². The summed E-state index contributed by atoms with van der Waals surface area (Å²) in [6.07, 6.45) is -3.56. The highest BCUT2D eigenvalue weighted by Gasteiger charge is 2.50. The summed E-state index contributed by atoms with van der Waals surface area (Å²) in [5, 5.41) is 9.82. The summed E-state index contributed by atoms with van der Waals surface area (Å²) < 4.78 is 96.0. The number of aliphatic hydroxyl groups is 1. The second kappa shape index (κ2) is 6.20. The molecule has 0 fully saturated rings. The number of fused-ring (bicyclic) bond motifs is 1. The van der Waals surface area contributed by atoms with E-state index < -0.39 is 56.4 Å². The molecule has 0 unspecified atom stereocenters. The van der Waals surface area contributed by atoms with Crippen molar-refractivity contribution in [1.29, 1.82) is 0 Å². The maximum atomic E-state index is 13.9. The highest BCUT2D eigenvalue weighted by atomic mass is 32.2. The number of hydrogen-bond donors (Lipinski definition) is 1. The Morgan fingerprint density at radius 1 is 1.15 bits per heavy atom. The molecule has 1 atom stereocenters. The zero-order valence-electron chi connectivity index (χ0n) is 12.8. The molecule has 1 aliphatic carbocycles. The Balaban J connectivity index is 2.15. The van der Waals surface area contributed by atoms with E-state index in [9.17, 15) is 35.5 Å². The Morgan fingerprint density at radius 3 is 2.35 bits per heavy atom. The Bertz CT molecular complexity index is 955. The summed E-state index contributed by atoms with van der Waals surface area (Å²) in [5.41, 5.74) is -1.05. The number of alkyl halides is 3. The van der Waals surface area contributed by atoms with Crippen LogP contribution in [0.4, 0.5) is 22.0 Å². The van der Waals surface area contributed by atoms with Crippen molar-refractivity contribution in [3.63, 3.8) is 0 Å². The number of benzene rings is 2. The van der Waals surface area contributed by atoms with Gasteiger partial charge in [-0.25, -0.2) is 30.4 Å². The van der Waals surface area contributed by atoms with Gasteiger partial charge in [-0.2, -0.15) is 0 Å². The van der Waals surface area contributed by atoms with E-state index in [4.69, 9.17) is 4.74 Å². The van der Waals surface area contributed by atoms with Gasteiger partial charge in [-0.05, 0) is 12.1 Å². The molecule has 0 heterocycles. The average molecular weight is 394 g/mol. The van der Waals surface area contributed by atoms with Gasteiger partial charge in [0.15, 0.2) is 6.01 Å². The van der Waals surface area contributed by atoms with Gasteiger partial charge >= 0.3 is 0 Å². The molecule has 0 bridgehead atoms. The van der Waals surface area contributed by atoms with E-state index in [2.05, 4.69) is 0 Å². The van der Waals surface area contributed by atoms with E-state index in [0.29, 0.717) is 6.07 Å². The van der Waals surface area contributed by atoms with Gasteiger partial charge in [-0.1, -0.05) is 0 Å². The van der Waals surface area contributed by atoms with Crippen LogP contribution in [0, 0.1) is 11.6 Å². The smallest absolute Gasteiger partial charge is 0.281 e. The van der Waals surface area contributed by atoms with E-state index in [1.807, 2.05) is 0 Å². The molecule has 1 N–H and O–H groups in total. The maximum Gasteiger partial charge on any atom is 0.281 e.